The molecule has 114 valence electrons. The van der Waals surface area contributed by atoms with Crippen molar-refractivity contribution in [2.75, 3.05) is 19.6 Å². The Morgan fingerprint density at radius 1 is 1.24 bits per heavy atom. The van der Waals surface area contributed by atoms with Gasteiger partial charge in [0.25, 0.3) is 0 Å². The highest BCUT2D eigenvalue weighted by molar-refractivity contribution is 5.86. The number of hydrogen-bond donors (Lipinski definition) is 1. The van der Waals surface area contributed by atoms with Crippen LogP contribution in [0, 0.1) is 0 Å². The van der Waals surface area contributed by atoms with Crippen molar-refractivity contribution in [3.63, 3.8) is 0 Å². The second kappa shape index (κ2) is 7.78. The summed E-state index contributed by atoms with van der Waals surface area (Å²) in [7, 11) is 0. The summed E-state index contributed by atoms with van der Waals surface area (Å²) in [4.78, 5) is 25.5. The van der Waals surface area contributed by atoms with E-state index in [-0.39, 0.29) is 18.4 Å². The Kier molecular flexibility index (Phi) is 5.75. The van der Waals surface area contributed by atoms with Crippen LogP contribution in [0.5, 0.6) is 0 Å². The smallest absolute Gasteiger partial charge is 0.249 e. The number of rotatable bonds is 6. The molecule has 1 N–H and O–H groups in total. The molecule has 1 atom stereocenters. The number of amides is 2. The number of nitrogens with zero attached hydrogens (tertiary/aromatic N) is 1. The van der Waals surface area contributed by atoms with Gasteiger partial charge in [0.05, 0.1) is 13.2 Å². The zero-order valence-electron chi connectivity index (χ0n) is 12.4. The number of hydrogen-bond acceptors (Lipinski definition) is 3. The van der Waals surface area contributed by atoms with Gasteiger partial charge in [0.15, 0.2) is 0 Å². The number of benzene rings is 1. The first kappa shape index (κ1) is 15.5. The summed E-state index contributed by atoms with van der Waals surface area (Å²) in [5.41, 5.74) is 1.02. The van der Waals surface area contributed by atoms with Crippen molar-refractivity contribution in [2.24, 2.45) is 0 Å². The summed E-state index contributed by atoms with van der Waals surface area (Å²) in [6.07, 6.45) is 1.53. The number of likely N-dealkylation sites (tertiary alicyclic amines) is 1. The summed E-state index contributed by atoms with van der Waals surface area (Å²) in [6, 6.07) is 9.68. The normalized spacial score (nSPS) is 15.8. The molecule has 1 aliphatic heterocycles. The van der Waals surface area contributed by atoms with Crippen LogP contribution >= 0.6 is 0 Å². The Hall–Kier alpha value is -1.88. The Bertz CT molecular complexity index is 470. The molecule has 2 rings (SSSR count). The average Bonchev–Trinajstić information content (AvgIpc) is 3.05. The Morgan fingerprint density at radius 2 is 1.90 bits per heavy atom. The zero-order chi connectivity index (χ0) is 15.1. The molecule has 0 radical (unpaired) electrons. The van der Waals surface area contributed by atoms with Crippen molar-refractivity contribution in [2.45, 2.75) is 32.5 Å². The van der Waals surface area contributed by atoms with Gasteiger partial charge >= 0.3 is 0 Å². The van der Waals surface area contributed by atoms with Gasteiger partial charge in [-0.2, -0.15) is 0 Å². The van der Waals surface area contributed by atoms with E-state index in [9.17, 15) is 9.59 Å². The van der Waals surface area contributed by atoms with Gasteiger partial charge in [0.2, 0.25) is 11.8 Å². The molecule has 0 bridgehead atoms. The van der Waals surface area contributed by atoms with Crippen LogP contribution in [-0.4, -0.2) is 42.5 Å². The summed E-state index contributed by atoms with van der Waals surface area (Å²) in [5.74, 6) is -0.269. The van der Waals surface area contributed by atoms with E-state index >= 15 is 0 Å². The van der Waals surface area contributed by atoms with E-state index in [4.69, 9.17) is 4.74 Å². The van der Waals surface area contributed by atoms with E-state index < -0.39 is 6.10 Å². The highest BCUT2D eigenvalue weighted by Gasteiger charge is 2.20. The molecule has 0 saturated carbocycles. The predicted octanol–water partition coefficient (Wildman–Crippen LogP) is 1.33. The second-order valence-electron chi connectivity index (χ2n) is 5.24. The fourth-order valence-corrected chi connectivity index (χ4v) is 2.26. The molecule has 0 aromatic heterocycles. The van der Waals surface area contributed by atoms with Gasteiger partial charge in [-0.05, 0) is 25.3 Å². The molecule has 21 heavy (non-hydrogen) atoms. The first-order valence-electron chi connectivity index (χ1n) is 7.38. The molecule has 0 unspecified atom stereocenters. The van der Waals surface area contributed by atoms with Gasteiger partial charge in [0.1, 0.15) is 6.10 Å². The van der Waals surface area contributed by atoms with Gasteiger partial charge in [-0.3, -0.25) is 9.59 Å². The molecular formula is C16H22N2O3. The molecule has 0 aliphatic carbocycles. The molecule has 0 spiro atoms. The molecule has 5 nitrogen and oxygen atoms in total. The van der Waals surface area contributed by atoms with E-state index in [1.165, 1.54) is 0 Å². The summed E-state index contributed by atoms with van der Waals surface area (Å²) in [6.45, 7) is 3.73. The Morgan fingerprint density at radius 3 is 2.57 bits per heavy atom. The quantitative estimate of drug-likeness (QED) is 0.860. The van der Waals surface area contributed by atoms with E-state index in [0.717, 1.165) is 31.5 Å². The number of nitrogens with one attached hydrogen (secondary N) is 1. The largest absolute Gasteiger partial charge is 0.364 e. The van der Waals surface area contributed by atoms with Crippen molar-refractivity contribution in [1.82, 2.24) is 10.2 Å². The molecule has 1 fully saturated rings. The molecule has 1 aliphatic rings. The van der Waals surface area contributed by atoms with Crippen molar-refractivity contribution >= 4 is 11.8 Å². The van der Waals surface area contributed by atoms with E-state index in [1.807, 2.05) is 30.3 Å². The third kappa shape index (κ3) is 4.86. The highest BCUT2D eigenvalue weighted by atomic mass is 16.5. The lowest BCUT2D eigenvalue weighted by Crippen LogP contribution is -2.42. The maximum absolute atomic E-state index is 11.9. The SMILES string of the molecule is C[C@@H](OCc1ccccc1)C(=O)NCC(=O)N1CCCC1. The van der Waals surface area contributed by atoms with Crippen LogP contribution in [0.3, 0.4) is 0 Å². The lowest BCUT2D eigenvalue weighted by atomic mass is 10.2. The van der Waals surface area contributed by atoms with Gasteiger partial charge in [-0.15, -0.1) is 0 Å². The highest BCUT2D eigenvalue weighted by Crippen LogP contribution is 2.07. The van der Waals surface area contributed by atoms with Crippen molar-refractivity contribution in [1.29, 1.82) is 0 Å². The third-order valence-electron chi connectivity index (χ3n) is 3.58. The minimum atomic E-state index is -0.573. The van der Waals surface area contributed by atoms with Crippen LogP contribution in [0.25, 0.3) is 0 Å². The minimum absolute atomic E-state index is 0.0175. The lowest BCUT2D eigenvalue weighted by Gasteiger charge is -2.17. The Labute approximate surface area is 125 Å². The second-order valence-corrected chi connectivity index (χ2v) is 5.24. The maximum atomic E-state index is 11.9. The van der Waals surface area contributed by atoms with E-state index in [1.54, 1.807) is 11.8 Å². The number of ether oxygens (including phenoxy) is 1. The van der Waals surface area contributed by atoms with E-state index in [2.05, 4.69) is 5.32 Å². The van der Waals surface area contributed by atoms with Crippen LogP contribution in [-0.2, 0) is 20.9 Å². The van der Waals surface area contributed by atoms with Crippen LogP contribution in [0.15, 0.2) is 30.3 Å². The van der Waals surface area contributed by atoms with Crippen molar-refractivity contribution in [3.8, 4) is 0 Å². The Balaban J connectivity index is 1.68. The fraction of sp³-hybridized carbons (Fsp3) is 0.500. The van der Waals surface area contributed by atoms with Gasteiger partial charge in [-0.25, -0.2) is 0 Å². The molecule has 1 saturated heterocycles. The van der Waals surface area contributed by atoms with Crippen LogP contribution in [0.4, 0.5) is 0 Å². The van der Waals surface area contributed by atoms with Crippen molar-refractivity contribution < 1.29 is 14.3 Å². The average molecular weight is 290 g/mol. The summed E-state index contributed by atoms with van der Waals surface area (Å²) in [5, 5.41) is 2.64. The van der Waals surface area contributed by atoms with Crippen LogP contribution < -0.4 is 5.32 Å². The van der Waals surface area contributed by atoms with Crippen LogP contribution in [0.2, 0.25) is 0 Å². The molecular weight excluding hydrogens is 268 g/mol. The number of carbonyl (C=O) groups excluding carboxylic acids is 2. The fourth-order valence-electron chi connectivity index (χ4n) is 2.26. The molecule has 1 aromatic rings. The molecule has 2 amide bonds. The third-order valence-corrected chi connectivity index (χ3v) is 3.58. The standard InChI is InChI=1S/C16H22N2O3/c1-13(21-12-14-7-3-2-4-8-14)16(20)17-11-15(19)18-9-5-6-10-18/h2-4,7-8,13H,5-6,9-12H2,1H3,(H,17,20)/t13-/m1/s1. The van der Waals surface area contributed by atoms with E-state index in [0.29, 0.717) is 6.61 Å². The molecule has 5 heteroatoms. The first-order chi connectivity index (χ1) is 10.2. The molecule has 1 aromatic carbocycles. The van der Waals surface area contributed by atoms with Crippen LogP contribution in [0.1, 0.15) is 25.3 Å². The number of carbonyl (C=O) groups is 2. The predicted molar refractivity (Wildman–Crippen MR) is 79.5 cm³/mol. The monoisotopic (exact) mass is 290 g/mol. The van der Waals surface area contributed by atoms with Gasteiger partial charge in [-0.1, -0.05) is 30.3 Å². The van der Waals surface area contributed by atoms with Gasteiger partial charge in [0, 0.05) is 13.1 Å². The topological polar surface area (TPSA) is 58.6 Å². The minimum Gasteiger partial charge on any atom is -0.364 e. The van der Waals surface area contributed by atoms with Gasteiger partial charge < -0.3 is 15.0 Å². The van der Waals surface area contributed by atoms with Crippen molar-refractivity contribution in [3.05, 3.63) is 35.9 Å². The lowest BCUT2D eigenvalue weighted by molar-refractivity contribution is -0.136. The first-order valence-corrected chi connectivity index (χ1v) is 7.38. The molecule has 1 heterocycles. The summed E-state index contributed by atoms with van der Waals surface area (Å²) < 4.78 is 5.51. The summed E-state index contributed by atoms with van der Waals surface area (Å²) >= 11 is 0. The zero-order valence-corrected chi connectivity index (χ0v) is 12.4. The maximum Gasteiger partial charge on any atom is 0.249 e.